The zero-order valence-corrected chi connectivity index (χ0v) is 18.9. The van der Waals surface area contributed by atoms with Gasteiger partial charge < -0.3 is 9.88 Å². The summed E-state index contributed by atoms with van der Waals surface area (Å²) in [6.07, 6.45) is 11.5. The molecule has 2 saturated carbocycles. The predicted molar refractivity (Wildman–Crippen MR) is 120 cm³/mol. The van der Waals surface area contributed by atoms with Crippen LogP contribution in [0.2, 0.25) is 0 Å². The molecule has 4 rings (SSSR count). The quantitative estimate of drug-likeness (QED) is 0.617. The molecule has 0 spiro atoms. The number of carbonyl (C=O) groups is 1. The molecule has 0 radical (unpaired) electrons. The number of hydrogen-bond donors (Lipinski definition) is 1. The smallest absolute Gasteiger partial charge is 0.231 e. The second-order valence-electron chi connectivity index (χ2n) is 8.41. The second-order valence-corrected chi connectivity index (χ2v) is 10.4. The van der Waals surface area contributed by atoms with E-state index in [0.29, 0.717) is 6.04 Å². The summed E-state index contributed by atoms with van der Waals surface area (Å²) in [5.74, 6) is 1.18. The Morgan fingerprint density at radius 3 is 2.70 bits per heavy atom. The van der Waals surface area contributed by atoms with E-state index in [2.05, 4.69) is 43.7 Å². The van der Waals surface area contributed by atoms with Gasteiger partial charge in [-0.05, 0) is 37.1 Å². The minimum atomic E-state index is -0.683. The first-order valence-corrected chi connectivity index (χ1v) is 12.9. The summed E-state index contributed by atoms with van der Waals surface area (Å²) >= 11 is 3.19. The van der Waals surface area contributed by atoms with Crippen molar-refractivity contribution in [3.05, 3.63) is 28.2 Å². The number of hydrogen-bond acceptors (Lipinski definition) is 6. The van der Waals surface area contributed by atoms with Gasteiger partial charge in [0.1, 0.15) is 11.4 Å². The number of aromatic nitrogens is 3. The minimum absolute atomic E-state index is 0.0820. The topological polar surface area (TPSA) is 83.6 Å². The molecule has 2 aliphatic rings. The first-order chi connectivity index (χ1) is 14.7. The molecule has 0 unspecified atom stereocenters. The summed E-state index contributed by atoms with van der Waals surface area (Å²) < 4.78 is 2.29. The van der Waals surface area contributed by atoms with Crippen LogP contribution in [0.25, 0.3) is 0 Å². The van der Waals surface area contributed by atoms with E-state index >= 15 is 0 Å². The first-order valence-electron chi connectivity index (χ1n) is 11.0. The van der Waals surface area contributed by atoms with Gasteiger partial charge in [0.2, 0.25) is 5.91 Å². The Hall–Kier alpha value is -1.85. The van der Waals surface area contributed by atoms with Crippen molar-refractivity contribution in [1.29, 1.82) is 5.26 Å². The summed E-state index contributed by atoms with van der Waals surface area (Å²) in [6.45, 7) is 0. The van der Waals surface area contributed by atoms with Crippen molar-refractivity contribution in [2.24, 2.45) is 0 Å². The number of nitrogens with one attached hydrogen (secondary N) is 1. The van der Waals surface area contributed by atoms with E-state index in [-0.39, 0.29) is 11.7 Å². The van der Waals surface area contributed by atoms with Gasteiger partial charge in [-0.25, -0.2) is 0 Å². The van der Waals surface area contributed by atoms with E-state index < -0.39 is 5.54 Å². The molecule has 160 valence electrons. The molecule has 2 aromatic rings. The third kappa shape index (κ3) is 5.06. The molecule has 2 aliphatic carbocycles. The van der Waals surface area contributed by atoms with Crippen LogP contribution in [0, 0.1) is 11.3 Å². The average Bonchev–Trinajstić information content (AvgIpc) is 3.44. The van der Waals surface area contributed by atoms with Crippen LogP contribution in [-0.2, 0) is 11.2 Å². The number of rotatable bonds is 7. The molecule has 2 aromatic heterocycles. The molecular formula is C22H29N5OS2. The van der Waals surface area contributed by atoms with Crippen LogP contribution in [-0.4, -0.2) is 32.0 Å². The van der Waals surface area contributed by atoms with E-state index in [1.54, 1.807) is 11.3 Å². The fourth-order valence-electron chi connectivity index (χ4n) is 4.65. The van der Waals surface area contributed by atoms with Crippen molar-refractivity contribution in [1.82, 2.24) is 20.1 Å². The van der Waals surface area contributed by atoms with Gasteiger partial charge >= 0.3 is 0 Å². The van der Waals surface area contributed by atoms with Crippen molar-refractivity contribution in [2.45, 2.75) is 87.4 Å². The molecule has 0 aliphatic heterocycles. The Balaban J connectivity index is 1.45. The summed E-state index contributed by atoms with van der Waals surface area (Å²) in [5, 5.41) is 24.5. The van der Waals surface area contributed by atoms with Crippen LogP contribution in [0.1, 0.15) is 81.0 Å². The molecule has 2 fully saturated rings. The summed E-state index contributed by atoms with van der Waals surface area (Å²) in [6, 6.07) is 6.98. The molecule has 2 heterocycles. The third-order valence-electron chi connectivity index (χ3n) is 6.22. The van der Waals surface area contributed by atoms with Crippen molar-refractivity contribution in [3.8, 4) is 6.07 Å². The largest absolute Gasteiger partial charge is 0.337 e. The van der Waals surface area contributed by atoms with E-state index in [1.807, 2.05) is 0 Å². The van der Waals surface area contributed by atoms with Gasteiger partial charge in [-0.15, -0.1) is 21.5 Å². The maximum absolute atomic E-state index is 12.7. The van der Waals surface area contributed by atoms with Crippen LogP contribution < -0.4 is 5.32 Å². The lowest BCUT2D eigenvalue weighted by Gasteiger charge is -2.31. The molecule has 0 aromatic carbocycles. The van der Waals surface area contributed by atoms with Crippen LogP contribution in [0.5, 0.6) is 0 Å². The van der Waals surface area contributed by atoms with Gasteiger partial charge in [0, 0.05) is 17.3 Å². The van der Waals surface area contributed by atoms with E-state index in [0.717, 1.165) is 62.3 Å². The van der Waals surface area contributed by atoms with Crippen molar-refractivity contribution in [2.75, 3.05) is 5.75 Å². The van der Waals surface area contributed by atoms with Gasteiger partial charge in [-0.3, -0.25) is 4.79 Å². The number of carbonyl (C=O) groups excluding carboxylic acids is 1. The zero-order chi connectivity index (χ0) is 20.8. The molecular weight excluding hydrogens is 414 g/mol. The highest BCUT2D eigenvalue weighted by molar-refractivity contribution is 7.99. The maximum atomic E-state index is 12.7. The highest BCUT2D eigenvalue weighted by Crippen LogP contribution is 2.34. The number of thioether (sulfide) groups is 1. The average molecular weight is 444 g/mol. The van der Waals surface area contributed by atoms with E-state index in [4.69, 9.17) is 0 Å². The molecule has 1 amide bonds. The second kappa shape index (κ2) is 9.97. The van der Waals surface area contributed by atoms with Gasteiger partial charge in [-0.1, -0.05) is 56.4 Å². The van der Waals surface area contributed by atoms with Crippen molar-refractivity contribution in [3.63, 3.8) is 0 Å². The Morgan fingerprint density at radius 1 is 1.23 bits per heavy atom. The Labute approximate surface area is 186 Å². The fourth-order valence-corrected chi connectivity index (χ4v) is 6.18. The van der Waals surface area contributed by atoms with Crippen LogP contribution in [0.4, 0.5) is 0 Å². The highest BCUT2D eigenvalue weighted by Gasteiger charge is 2.33. The monoisotopic (exact) mass is 443 g/mol. The zero-order valence-electron chi connectivity index (χ0n) is 17.3. The van der Waals surface area contributed by atoms with E-state index in [9.17, 15) is 10.1 Å². The Kier molecular flexibility index (Phi) is 7.11. The summed E-state index contributed by atoms with van der Waals surface area (Å²) in [5.41, 5.74) is -0.683. The minimum Gasteiger partial charge on any atom is -0.337 e. The van der Waals surface area contributed by atoms with Crippen molar-refractivity contribution >= 4 is 29.0 Å². The standard InChI is InChI=1S/C22H29N5OS2/c23-16-22(11-5-2-6-12-22)24-20(28)15-30-21-26-25-19(14-18-10-7-13-29-18)27(21)17-8-3-1-4-9-17/h7,10,13,17H,1-6,8-9,11-12,14-15H2,(H,24,28). The SMILES string of the molecule is N#CC1(NC(=O)CSc2nnc(Cc3cccs3)n2C2CCCCC2)CCCCC1. The number of nitrogens with zero attached hydrogens (tertiary/aromatic N) is 4. The fraction of sp³-hybridized carbons (Fsp3) is 0.636. The lowest BCUT2D eigenvalue weighted by molar-refractivity contribution is -0.120. The number of nitriles is 1. The van der Waals surface area contributed by atoms with Crippen LogP contribution >= 0.6 is 23.1 Å². The number of amides is 1. The summed E-state index contributed by atoms with van der Waals surface area (Å²) in [4.78, 5) is 13.9. The normalized spacial score (nSPS) is 19.3. The van der Waals surface area contributed by atoms with Gasteiger partial charge in [0.05, 0.1) is 11.8 Å². The Bertz CT molecular complexity index is 874. The van der Waals surface area contributed by atoms with Gasteiger partial charge in [0.25, 0.3) is 0 Å². The Morgan fingerprint density at radius 2 is 2.00 bits per heavy atom. The molecule has 30 heavy (non-hydrogen) atoms. The van der Waals surface area contributed by atoms with Gasteiger partial charge in [-0.2, -0.15) is 5.26 Å². The molecule has 6 nitrogen and oxygen atoms in total. The molecule has 0 atom stereocenters. The predicted octanol–water partition coefficient (Wildman–Crippen LogP) is 4.87. The molecule has 0 bridgehead atoms. The molecule has 1 N–H and O–H groups in total. The van der Waals surface area contributed by atoms with Gasteiger partial charge in [0.15, 0.2) is 5.16 Å². The van der Waals surface area contributed by atoms with Crippen LogP contribution in [0.15, 0.2) is 22.7 Å². The van der Waals surface area contributed by atoms with Crippen molar-refractivity contribution < 1.29 is 4.79 Å². The molecule has 0 saturated heterocycles. The maximum Gasteiger partial charge on any atom is 0.231 e. The lowest BCUT2D eigenvalue weighted by Crippen LogP contribution is -2.49. The molecule has 8 heteroatoms. The highest BCUT2D eigenvalue weighted by atomic mass is 32.2. The first kappa shape index (κ1) is 21.4. The summed E-state index contributed by atoms with van der Waals surface area (Å²) in [7, 11) is 0. The van der Waals surface area contributed by atoms with E-state index in [1.165, 1.54) is 35.9 Å². The number of thiophene rings is 1. The lowest BCUT2D eigenvalue weighted by atomic mass is 9.83. The van der Waals surface area contributed by atoms with Crippen LogP contribution in [0.3, 0.4) is 0 Å². The third-order valence-corrected chi connectivity index (χ3v) is 8.04.